The molecule has 0 saturated carbocycles. The smallest absolute Gasteiger partial charge is 0.698 e. The summed E-state index contributed by atoms with van der Waals surface area (Å²) in [5.41, 5.74) is 37.1. The molecule has 0 atom stereocenters. The summed E-state index contributed by atoms with van der Waals surface area (Å²) in [6, 6.07) is 43.8. The van der Waals surface area contributed by atoms with Crippen molar-refractivity contribution in [1.82, 2.24) is 60.0 Å². The number of hydrogen-bond acceptors (Lipinski definition) is 16. The molecule has 0 radical (unpaired) electrons. The number of ether oxygens (including phenoxy) is 2. The molecule has 0 bridgehead atoms. The fraction of sp³-hybridized carbons (Fsp3) is 0.510. The van der Waals surface area contributed by atoms with Crippen molar-refractivity contribution in [1.29, 1.82) is 0 Å². The number of hydrogen-bond donors (Lipinski definition) is 0. The van der Waals surface area contributed by atoms with Crippen molar-refractivity contribution in [3.63, 3.8) is 0 Å². The maximum absolute atomic E-state index is 12.0. The van der Waals surface area contributed by atoms with Gasteiger partial charge in [-0.2, -0.15) is 11.4 Å². The summed E-state index contributed by atoms with van der Waals surface area (Å²) in [7, 11) is 12.1. The van der Waals surface area contributed by atoms with Gasteiger partial charge in [0.2, 0.25) is 0 Å². The van der Waals surface area contributed by atoms with Crippen molar-refractivity contribution in [2.45, 2.75) is 225 Å². The Balaban J connectivity index is 0.000000757. The average molecular weight is 1790 g/mol. The number of likely N-dealkylation sites (N-methyl/N-ethyl adjacent to an activating group) is 4. The van der Waals surface area contributed by atoms with Gasteiger partial charge < -0.3 is 61.4 Å². The van der Waals surface area contributed by atoms with Crippen LogP contribution in [0.4, 0.5) is 22.7 Å². The first-order valence-electron chi connectivity index (χ1n) is 43.2. The van der Waals surface area contributed by atoms with Gasteiger partial charge in [-0.15, -0.1) is 54.5 Å². The Labute approximate surface area is 788 Å². The summed E-state index contributed by atoms with van der Waals surface area (Å²) >= 11 is 0. The molecule has 124 heavy (non-hydrogen) atoms. The summed E-state index contributed by atoms with van der Waals surface area (Å²) < 4.78 is 9.65. The van der Waals surface area contributed by atoms with Crippen LogP contribution in [0.5, 0.6) is 0 Å². The number of aromatic nitrogens is 8. The van der Waals surface area contributed by atoms with E-state index in [0.29, 0.717) is 69.4 Å². The van der Waals surface area contributed by atoms with Crippen molar-refractivity contribution in [2.24, 2.45) is 9.98 Å². The number of rotatable bonds is 34. The predicted molar refractivity (Wildman–Crippen MR) is 521 cm³/mol. The van der Waals surface area contributed by atoms with Crippen LogP contribution in [0.1, 0.15) is 241 Å². The quantitative estimate of drug-likeness (QED) is 0.0206. The zero-order valence-electron chi connectivity index (χ0n) is 82.1. The van der Waals surface area contributed by atoms with Crippen molar-refractivity contribution < 1.29 is 71.4 Å². The van der Waals surface area contributed by atoms with Crippen molar-refractivity contribution in [3.05, 3.63) is 247 Å². The standard InChI is InChI=1S/2C24H41N4.2C13H18N4O2Si.2C12H18N.2Sc/c2*1-18(2)22-11-10-12-23(19(3)4)24(22)26-21(6)17-20(5)25-13-14-28(9)16-15-27(7)8;2*1-19-12(18)11(10-8-6-5-7-9-10)17-15-13(14-16-17)20(2,3)4;2*1-8(2)10-6-5-7-11(9(3)4)12(10)13;;/h2*10-12,17-19H,13-16H2,1-9H3;2*5-9,18H,1-4H3;2*5-9,13H,1-4H3;;/q2*-1;;;2*-1;2*+3/p-2/b2*20-17-,26-21?;2*12-11+;;;;. The van der Waals surface area contributed by atoms with Crippen LogP contribution in [0.25, 0.3) is 33.5 Å². The summed E-state index contributed by atoms with van der Waals surface area (Å²) in [6.45, 7) is 63.8. The van der Waals surface area contributed by atoms with Crippen LogP contribution in [0, 0.1) is 0 Å². The summed E-state index contributed by atoms with van der Waals surface area (Å²) in [5, 5.41) is 58.2. The van der Waals surface area contributed by atoms with E-state index in [2.05, 4.69) is 355 Å². The van der Waals surface area contributed by atoms with E-state index in [0.717, 1.165) is 120 Å². The Kier molecular flexibility index (Phi) is 52.6. The molecule has 8 aromatic rings. The van der Waals surface area contributed by atoms with E-state index in [1.54, 1.807) is 0 Å². The second-order valence-electron chi connectivity index (χ2n) is 36.2. The molecule has 6 aromatic carbocycles. The van der Waals surface area contributed by atoms with Gasteiger partial charge in [-0.3, -0.25) is 9.98 Å². The first kappa shape index (κ1) is 114. The molecular weight excluding hydrogens is 1640 g/mol. The zero-order valence-corrected chi connectivity index (χ0v) is 87.7. The topological polar surface area (TPSA) is 265 Å². The molecule has 8 rings (SSSR count). The van der Waals surface area contributed by atoms with Gasteiger partial charge in [0.1, 0.15) is 27.5 Å². The maximum atomic E-state index is 12.0. The monoisotopic (exact) mass is 1790 g/mol. The molecule has 0 aliphatic rings. The van der Waals surface area contributed by atoms with E-state index in [1.807, 2.05) is 60.7 Å². The third-order valence-corrected chi connectivity index (χ3v) is 22.9. The van der Waals surface area contributed by atoms with Crippen molar-refractivity contribution >= 4 is 72.6 Å². The van der Waals surface area contributed by atoms with Crippen LogP contribution in [-0.2, 0) is 61.2 Å². The van der Waals surface area contributed by atoms with E-state index in [1.165, 1.54) is 46.1 Å². The Bertz CT molecular complexity index is 4220. The third-order valence-electron chi connectivity index (χ3n) is 19.8. The number of tetrazole rings is 2. The minimum Gasteiger partial charge on any atom is -0.698 e. The average Bonchev–Trinajstić information content (AvgIpc) is 1.75. The maximum Gasteiger partial charge on any atom is 3.00 e. The van der Waals surface area contributed by atoms with Gasteiger partial charge in [0, 0.05) is 48.7 Å². The largest absolute Gasteiger partial charge is 3.00 e. The number of nitrogens with zero attached hydrogens (tertiary/aromatic N) is 16. The van der Waals surface area contributed by atoms with Crippen LogP contribution in [0.2, 0.25) is 39.3 Å². The van der Waals surface area contributed by atoms with Crippen molar-refractivity contribution in [2.75, 3.05) is 109 Å². The fourth-order valence-electron chi connectivity index (χ4n) is 12.5. The van der Waals surface area contributed by atoms with Crippen LogP contribution in [-0.4, -0.2) is 196 Å². The molecule has 672 valence electrons. The number of methoxy groups -OCH3 is 2. The molecule has 22 nitrogen and oxygen atoms in total. The predicted octanol–water partition coefficient (Wildman–Crippen LogP) is 21.6. The number of benzene rings is 6. The van der Waals surface area contributed by atoms with Gasteiger partial charge >= 0.3 is 51.7 Å². The molecule has 0 aliphatic heterocycles. The van der Waals surface area contributed by atoms with Crippen LogP contribution >= 0.6 is 0 Å². The van der Waals surface area contributed by atoms with Gasteiger partial charge in [0.25, 0.3) is 0 Å². The summed E-state index contributed by atoms with van der Waals surface area (Å²) in [4.78, 5) is 21.6. The first-order chi connectivity index (χ1) is 57.2. The molecule has 0 unspecified atom stereocenters. The molecule has 2 heterocycles. The molecule has 0 aliphatic carbocycles. The Morgan fingerprint density at radius 2 is 0.645 bits per heavy atom. The molecule has 0 saturated heterocycles. The fourth-order valence-corrected chi connectivity index (χ4v) is 14.0. The first-order valence-corrected chi connectivity index (χ1v) is 50.2. The van der Waals surface area contributed by atoms with Crippen LogP contribution in [0.3, 0.4) is 0 Å². The second-order valence-corrected chi connectivity index (χ2v) is 46.1. The number of allylic oxidation sites excluding steroid dienone is 4. The van der Waals surface area contributed by atoms with E-state index in [-0.39, 0.29) is 63.1 Å². The molecule has 0 fully saturated rings. The van der Waals surface area contributed by atoms with Crippen LogP contribution < -0.4 is 21.1 Å². The van der Waals surface area contributed by atoms with Gasteiger partial charge in [0.05, 0.1) is 23.3 Å². The number of para-hydroxylation sites is 2. The summed E-state index contributed by atoms with van der Waals surface area (Å²) in [6.07, 6.45) is 4.20. The zero-order chi connectivity index (χ0) is 92.1. The Morgan fingerprint density at radius 3 is 0.863 bits per heavy atom. The molecule has 0 amide bonds. The Hall–Kier alpha value is -7.83. The van der Waals surface area contributed by atoms with Crippen LogP contribution in [0.15, 0.2) is 179 Å². The van der Waals surface area contributed by atoms with Gasteiger partial charge in [-0.1, -0.05) is 332 Å². The molecule has 0 spiro atoms. The van der Waals surface area contributed by atoms with E-state index < -0.39 is 28.0 Å². The van der Waals surface area contributed by atoms with E-state index in [9.17, 15) is 10.2 Å². The third kappa shape index (κ3) is 39.6. The molecule has 2 aromatic heterocycles. The Morgan fingerprint density at radius 1 is 0.395 bits per heavy atom. The van der Waals surface area contributed by atoms with E-state index >= 15 is 0 Å². The van der Waals surface area contributed by atoms with Crippen molar-refractivity contribution in [3.8, 4) is 0 Å². The molecule has 26 heteroatoms. The SMILES string of the molecule is CC(/C=C(/C)[N-]CCN(C)CCN(C)C)=Nc1c(C(C)C)cccc1C(C)C.CC(/C=C(/C)[N-]CCN(C)CCN(C)C)=Nc1c(C(C)C)cccc1C(C)C.CC(C)c1cccc(C(C)C)c1[NH-].CC(C)c1cccc(C(C)C)c1[NH-].CO/C([O-])=C(\c1ccccc1)n1nnc([Si](C)(C)C)n1.CO/C([O-])=C(\c1ccccc1)n1nnc([Si](C)(C)C)n1.[Sc+3].[Sc+3]. The van der Waals surface area contributed by atoms with E-state index in [4.69, 9.17) is 41.6 Å². The second kappa shape index (κ2) is 57.1. The number of nitrogens with one attached hydrogen (secondary N) is 2. The van der Waals surface area contributed by atoms with Gasteiger partial charge in [-0.05, 0) is 163 Å². The van der Waals surface area contributed by atoms with Gasteiger partial charge in [-0.25, -0.2) is 0 Å². The van der Waals surface area contributed by atoms with Gasteiger partial charge in [0.15, 0.2) is 10.9 Å². The summed E-state index contributed by atoms with van der Waals surface area (Å²) in [5.74, 6) is 2.65. The number of aliphatic imine (C=N–C) groups is 2. The minimum absolute atomic E-state index is 0. The molecular formula is C98H152N18O4Sc2Si2. The molecule has 2 N–H and O–H groups in total. The minimum atomic E-state index is -1.68. The normalized spacial score (nSPS) is 12.6.